The molecular weight excluding hydrogens is 238 g/mol. The summed E-state index contributed by atoms with van der Waals surface area (Å²) in [6.07, 6.45) is 0. The highest BCUT2D eigenvalue weighted by Crippen LogP contribution is 2.25. The molecule has 2 rings (SSSR count). The molecule has 19 heavy (non-hydrogen) atoms. The van der Waals surface area contributed by atoms with Gasteiger partial charge < -0.3 is 14.8 Å². The Labute approximate surface area is 116 Å². The number of nitrogens with one attached hydrogen (secondary N) is 1. The zero-order valence-corrected chi connectivity index (χ0v) is 12.7. The van der Waals surface area contributed by atoms with Gasteiger partial charge in [-0.15, -0.1) is 0 Å². The number of benzene rings is 1. The van der Waals surface area contributed by atoms with Crippen molar-refractivity contribution in [2.75, 3.05) is 19.8 Å². The molecule has 0 aliphatic carbocycles. The Hall–Kier alpha value is -1.06. The predicted molar refractivity (Wildman–Crippen MR) is 78.0 cm³/mol. The highest BCUT2D eigenvalue weighted by atomic mass is 16.5. The fraction of sp³-hybridized carbons (Fsp3) is 0.625. The van der Waals surface area contributed by atoms with E-state index in [1.807, 2.05) is 0 Å². The van der Waals surface area contributed by atoms with Crippen molar-refractivity contribution in [2.45, 2.75) is 46.2 Å². The molecule has 0 bridgehead atoms. The largest absolute Gasteiger partial charge is 0.491 e. The normalized spacial score (nSPS) is 22.3. The van der Waals surface area contributed by atoms with Gasteiger partial charge in [0.2, 0.25) is 0 Å². The molecule has 0 spiro atoms. The van der Waals surface area contributed by atoms with Crippen LogP contribution in [0, 0.1) is 20.8 Å². The van der Waals surface area contributed by atoms with E-state index in [2.05, 4.69) is 52.1 Å². The van der Waals surface area contributed by atoms with E-state index in [4.69, 9.17) is 9.47 Å². The average molecular weight is 263 g/mol. The molecule has 1 N–H and O–H groups in total. The first kappa shape index (κ1) is 14.4. The number of ether oxygens (including phenoxy) is 2. The van der Waals surface area contributed by atoms with Crippen molar-refractivity contribution in [3.8, 4) is 5.75 Å². The fourth-order valence-electron chi connectivity index (χ4n) is 2.76. The van der Waals surface area contributed by atoms with Crippen LogP contribution in [0.15, 0.2) is 12.1 Å². The number of aryl methyl sites for hydroxylation is 3. The second-order valence-electron chi connectivity index (χ2n) is 6.28. The van der Waals surface area contributed by atoms with Crippen LogP contribution in [0.1, 0.15) is 30.5 Å². The Bertz CT molecular complexity index is 431. The maximum absolute atomic E-state index is 6.01. The van der Waals surface area contributed by atoms with Gasteiger partial charge in [-0.3, -0.25) is 0 Å². The number of hydrogen-bond donors (Lipinski definition) is 1. The van der Waals surface area contributed by atoms with E-state index in [0.717, 1.165) is 12.4 Å². The van der Waals surface area contributed by atoms with E-state index >= 15 is 0 Å². The van der Waals surface area contributed by atoms with Crippen LogP contribution >= 0.6 is 0 Å². The number of rotatable bonds is 3. The third-order valence-electron chi connectivity index (χ3n) is 3.41. The lowest BCUT2D eigenvalue weighted by atomic mass is 10.0. The zero-order chi connectivity index (χ0) is 14.0. The minimum atomic E-state index is 0.0314. The van der Waals surface area contributed by atoms with Gasteiger partial charge in [-0.05, 0) is 45.7 Å². The summed E-state index contributed by atoms with van der Waals surface area (Å²) in [5.74, 6) is 1.01. The van der Waals surface area contributed by atoms with Crippen molar-refractivity contribution >= 4 is 0 Å². The third-order valence-corrected chi connectivity index (χ3v) is 3.41. The summed E-state index contributed by atoms with van der Waals surface area (Å²) < 4.78 is 11.6. The van der Waals surface area contributed by atoms with Gasteiger partial charge in [-0.25, -0.2) is 0 Å². The highest BCUT2D eigenvalue weighted by molar-refractivity contribution is 5.42. The van der Waals surface area contributed by atoms with E-state index in [9.17, 15) is 0 Å². The van der Waals surface area contributed by atoms with Crippen LogP contribution in [0.2, 0.25) is 0 Å². The van der Waals surface area contributed by atoms with Gasteiger partial charge in [0.25, 0.3) is 0 Å². The van der Waals surface area contributed by atoms with Gasteiger partial charge in [0.15, 0.2) is 0 Å². The van der Waals surface area contributed by atoms with Gasteiger partial charge in [0.05, 0.1) is 19.3 Å². The maximum Gasteiger partial charge on any atom is 0.125 e. The average Bonchev–Trinajstić information content (AvgIpc) is 2.26. The maximum atomic E-state index is 6.01. The smallest absolute Gasteiger partial charge is 0.125 e. The van der Waals surface area contributed by atoms with E-state index in [1.165, 1.54) is 16.7 Å². The summed E-state index contributed by atoms with van der Waals surface area (Å²) in [7, 11) is 0. The van der Waals surface area contributed by atoms with Crippen LogP contribution in [0.5, 0.6) is 5.75 Å². The van der Waals surface area contributed by atoms with Crippen molar-refractivity contribution in [3.63, 3.8) is 0 Å². The van der Waals surface area contributed by atoms with Gasteiger partial charge in [-0.2, -0.15) is 0 Å². The molecule has 1 heterocycles. The fourth-order valence-corrected chi connectivity index (χ4v) is 2.76. The summed E-state index contributed by atoms with van der Waals surface area (Å²) in [5, 5.41) is 3.56. The first-order valence-electron chi connectivity index (χ1n) is 6.93. The molecule has 1 atom stereocenters. The van der Waals surface area contributed by atoms with E-state index in [1.54, 1.807) is 0 Å². The monoisotopic (exact) mass is 263 g/mol. The standard InChI is InChI=1S/C16H25NO2/c1-11-6-12(2)15(13(3)7-11)19-9-14-8-18-10-16(4,5)17-14/h6-7,14,17H,8-10H2,1-5H3. The quantitative estimate of drug-likeness (QED) is 0.909. The number of morpholine rings is 1. The van der Waals surface area contributed by atoms with E-state index in [-0.39, 0.29) is 11.6 Å². The zero-order valence-electron chi connectivity index (χ0n) is 12.7. The van der Waals surface area contributed by atoms with Gasteiger partial charge in [0.1, 0.15) is 12.4 Å². The van der Waals surface area contributed by atoms with Crippen LogP contribution in [-0.4, -0.2) is 31.4 Å². The van der Waals surface area contributed by atoms with Crippen LogP contribution in [-0.2, 0) is 4.74 Å². The van der Waals surface area contributed by atoms with Crippen LogP contribution in [0.25, 0.3) is 0 Å². The topological polar surface area (TPSA) is 30.5 Å². The minimum absolute atomic E-state index is 0.0314. The Balaban J connectivity index is 1.99. The molecule has 1 aromatic rings. The second-order valence-corrected chi connectivity index (χ2v) is 6.28. The number of hydrogen-bond acceptors (Lipinski definition) is 3. The Kier molecular flexibility index (Phi) is 4.16. The summed E-state index contributed by atoms with van der Waals surface area (Å²) in [4.78, 5) is 0. The summed E-state index contributed by atoms with van der Waals surface area (Å²) in [5.41, 5.74) is 3.72. The molecule has 1 aromatic carbocycles. The molecule has 3 heteroatoms. The molecule has 1 saturated heterocycles. The molecule has 0 saturated carbocycles. The molecule has 1 unspecified atom stereocenters. The first-order chi connectivity index (χ1) is 8.87. The lowest BCUT2D eigenvalue weighted by Crippen LogP contribution is -2.57. The first-order valence-corrected chi connectivity index (χ1v) is 6.93. The molecular formula is C16H25NO2. The highest BCUT2D eigenvalue weighted by Gasteiger charge is 2.28. The minimum Gasteiger partial charge on any atom is -0.491 e. The lowest BCUT2D eigenvalue weighted by molar-refractivity contribution is 0.000820. The SMILES string of the molecule is Cc1cc(C)c(OCC2COCC(C)(C)N2)c(C)c1. The summed E-state index contributed by atoms with van der Waals surface area (Å²) in [6.45, 7) is 12.7. The van der Waals surface area contributed by atoms with Crippen LogP contribution in [0.4, 0.5) is 0 Å². The third kappa shape index (κ3) is 3.71. The Morgan fingerprint density at radius 3 is 2.47 bits per heavy atom. The predicted octanol–water partition coefficient (Wildman–Crippen LogP) is 2.76. The van der Waals surface area contributed by atoms with Gasteiger partial charge in [0, 0.05) is 5.54 Å². The lowest BCUT2D eigenvalue weighted by Gasteiger charge is -2.36. The van der Waals surface area contributed by atoms with Crippen molar-refractivity contribution in [2.24, 2.45) is 0 Å². The second kappa shape index (κ2) is 5.51. The Morgan fingerprint density at radius 2 is 1.89 bits per heavy atom. The molecule has 1 aliphatic heterocycles. The van der Waals surface area contributed by atoms with E-state index in [0.29, 0.717) is 13.2 Å². The summed E-state index contributed by atoms with van der Waals surface area (Å²) in [6, 6.07) is 4.58. The molecule has 106 valence electrons. The van der Waals surface area contributed by atoms with Gasteiger partial charge >= 0.3 is 0 Å². The van der Waals surface area contributed by atoms with Crippen LogP contribution in [0.3, 0.4) is 0 Å². The molecule has 1 aliphatic rings. The molecule has 1 fully saturated rings. The van der Waals surface area contributed by atoms with Crippen LogP contribution < -0.4 is 10.1 Å². The van der Waals surface area contributed by atoms with Crippen molar-refractivity contribution in [1.82, 2.24) is 5.32 Å². The van der Waals surface area contributed by atoms with Crippen molar-refractivity contribution in [3.05, 3.63) is 28.8 Å². The molecule has 0 aromatic heterocycles. The molecule has 3 nitrogen and oxygen atoms in total. The van der Waals surface area contributed by atoms with Gasteiger partial charge in [-0.1, -0.05) is 17.7 Å². The Morgan fingerprint density at radius 1 is 1.26 bits per heavy atom. The molecule has 0 radical (unpaired) electrons. The molecule has 0 amide bonds. The summed E-state index contributed by atoms with van der Waals surface area (Å²) >= 11 is 0. The van der Waals surface area contributed by atoms with E-state index < -0.39 is 0 Å². The van der Waals surface area contributed by atoms with Crippen molar-refractivity contribution < 1.29 is 9.47 Å². The van der Waals surface area contributed by atoms with Crippen molar-refractivity contribution in [1.29, 1.82) is 0 Å².